The summed E-state index contributed by atoms with van der Waals surface area (Å²) in [6.07, 6.45) is 6.39. The van der Waals surface area contributed by atoms with Gasteiger partial charge in [0.25, 0.3) is 0 Å². The van der Waals surface area contributed by atoms with Crippen LogP contribution in [0.25, 0.3) is 0 Å². The fourth-order valence-corrected chi connectivity index (χ4v) is 5.50. The van der Waals surface area contributed by atoms with Crippen LogP contribution in [0.4, 0.5) is 10.1 Å². The molecule has 1 saturated carbocycles. The molecule has 0 heterocycles. The Morgan fingerprint density at radius 2 is 1.78 bits per heavy atom. The van der Waals surface area contributed by atoms with Crippen LogP contribution in [0, 0.1) is 5.82 Å². The Morgan fingerprint density at radius 3 is 2.38 bits per heavy atom. The SMILES string of the molecule is CC[C@@H](C(=O)NC1CCCCC1)N(Cc1cccc(OC)c1)C(=O)CN(c1ccc(F)cc1)S(C)(=O)=O. The van der Waals surface area contributed by atoms with E-state index in [-0.39, 0.29) is 24.2 Å². The van der Waals surface area contributed by atoms with E-state index in [9.17, 15) is 22.4 Å². The van der Waals surface area contributed by atoms with Crippen LogP contribution in [0.3, 0.4) is 0 Å². The fraction of sp³-hybridized carbons (Fsp3) is 0.481. The first-order chi connectivity index (χ1) is 17.6. The summed E-state index contributed by atoms with van der Waals surface area (Å²) in [7, 11) is -2.33. The second kappa shape index (κ2) is 12.9. The average molecular weight is 534 g/mol. The first-order valence-electron chi connectivity index (χ1n) is 12.6. The number of rotatable bonds is 11. The molecule has 2 amide bonds. The quantitative estimate of drug-likeness (QED) is 0.473. The normalized spacial score (nSPS) is 15.0. The van der Waals surface area contributed by atoms with E-state index in [0.717, 1.165) is 60.4 Å². The zero-order valence-corrected chi connectivity index (χ0v) is 22.5. The number of amides is 2. The molecule has 0 saturated heterocycles. The summed E-state index contributed by atoms with van der Waals surface area (Å²) in [5.41, 5.74) is 0.905. The summed E-state index contributed by atoms with van der Waals surface area (Å²) < 4.78 is 45.0. The lowest BCUT2D eigenvalue weighted by atomic mass is 9.95. The smallest absolute Gasteiger partial charge is 0.244 e. The summed E-state index contributed by atoms with van der Waals surface area (Å²) in [6.45, 7) is 1.39. The Hall–Kier alpha value is -3.14. The standard InChI is InChI=1S/C27H36FN3O5S/c1-4-25(27(33)29-22-10-6-5-7-11-22)30(18-20-9-8-12-24(17-20)36-2)26(32)19-31(37(3,34)35)23-15-13-21(28)14-16-23/h8-9,12-17,22,25H,4-7,10-11,18-19H2,1-3H3,(H,29,33)/t25-/m0/s1. The maximum Gasteiger partial charge on any atom is 0.244 e. The Labute approximate surface area is 218 Å². The lowest BCUT2D eigenvalue weighted by Gasteiger charge is -2.34. The van der Waals surface area contributed by atoms with Gasteiger partial charge in [-0.05, 0) is 61.2 Å². The molecule has 0 radical (unpaired) electrons. The lowest BCUT2D eigenvalue weighted by Crippen LogP contribution is -2.53. The van der Waals surface area contributed by atoms with Crippen LogP contribution < -0.4 is 14.4 Å². The van der Waals surface area contributed by atoms with Crippen LogP contribution in [0.15, 0.2) is 48.5 Å². The molecule has 2 aromatic rings. The molecule has 2 aromatic carbocycles. The molecular weight excluding hydrogens is 497 g/mol. The number of nitrogens with one attached hydrogen (secondary N) is 1. The van der Waals surface area contributed by atoms with Crippen LogP contribution in [0.2, 0.25) is 0 Å². The van der Waals surface area contributed by atoms with Crippen LogP contribution in [0.5, 0.6) is 5.75 Å². The van der Waals surface area contributed by atoms with Gasteiger partial charge in [0.15, 0.2) is 0 Å². The number of anilines is 1. The zero-order chi connectivity index (χ0) is 27.0. The van der Waals surface area contributed by atoms with Crippen LogP contribution in [-0.4, -0.2) is 57.1 Å². The van der Waals surface area contributed by atoms with Crippen molar-refractivity contribution in [1.82, 2.24) is 10.2 Å². The molecule has 0 spiro atoms. The van der Waals surface area contributed by atoms with Crippen molar-refractivity contribution >= 4 is 27.5 Å². The third kappa shape index (κ3) is 7.92. The van der Waals surface area contributed by atoms with Gasteiger partial charge in [-0.25, -0.2) is 12.8 Å². The third-order valence-electron chi connectivity index (χ3n) is 6.62. The highest BCUT2D eigenvalue weighted by molar-refractivity contribution is 7.92. The predicted octanol–water partition coefficient (Wildman–Crippen LogP) is 3.86. The molecule has 3 rings (SSSR count). The molecule has 1 fully saturated rings. The summed E-state index contributed by atoms with van der Waals surface area (Å²) >= 11 is 0. The molecule has 1 aliphatic carbocycles. The van der Waals surface area contributed by atoms with Crippen molar-refractivity contribution < 1.29 is 27.1 Å². The van der Waals surface area contributed by atoms with E-state index >= 15 is 0 Å². The number of methoxy groups -OCH3 is 1. The number of hydrogen-bond acceptors (Lipinski definition) is 5. The van der Waals surface area contributed by atoms with Gasteiger partial charge in [0.2, 0.25) is 21.8 Å². The molecule has 10 heteroatoms. The van der Waals surface area contributed by atoms with Gasteiger partial charge >= 0.3 is 0 Å². The predicted molar refractivity (Wildman–Crippen MR) is 141 cm³/mol. The van der Waals surface area contributed by atoms with Crippen LogP contribution in [0.1, 0.15) is 51.0 Å². The minimum Gasteiger partial charge on any atom is -0.497 e. The molecule has 0 unspecified atom stereocenters. The van der Waals surface area contributed by atoms with Crippen molar-refractivity contribution in [3.05, 3.63) is 59.9 Å². The summed E-state index contributed by atoms with van der Waals surface area (Å²) in [4.78, 5) is 28.5. The van der Waals surface area contributed by atoms with E-state index in [2.05, 4.69) is 5.32 Å². The highest BCUT2D eigenvalue weighted by Gasteiger charge is 2.32. The monoisotopic (exact) mass is 533 g/mol. The number of nitrogens with zero attached hydrogens (tertiary/aromatic N) is 2. The Morgan fingerprint density at radius 1 is 1.11 bits per heavy atom. The number of ether oxygens (including phenoxy) is 1. The van der Waals surface area contributed by atoms with Crippen LogP contribution >= 0.6 is 0 Å². The van der Waals surface area contributed by atoms with Gasteiger partial charge in [0, 0.05) is 12.6 Å². The first-order valence-corrected chi connectivity index (χ1v) is 14.4. The number of halogens is 1. The van der Waals surface area contributed by atoms with Crippen molar-refractivity contribution in [1.29, 1.82) is 0 Å². The summed E-state index contributed by atoms with van der Waals surface area (Å²) in [5.74, 6) is -0.705. The lowest BCUT2D eigenvalue weighted by molar-refractivity contribution is -0.140. The van der Waals surface area contributed by atoms with E-state index in [1.54, 1.807) is 25.3 Å². The van der Waals surface area contributed by atoms with Crippen molar-refractivity contribution in [3.63, 3.8) is 0 Å². The largest absolute Gasteiger partial charge is 0.497 e. The Bertz CT molecular complexity index is 1170. The molecule has 0 aromatic heterocycles. The number of benzene rings is 2. The molecule has 1 N–H and O–H groups in total. The zero-order valence-electron chi connectivity index (χ0n) is 21.7. The van der Waals surface area contributed by atoms with Gasteiger partial charge in [-0.15, -0.1) is 0 Å². The second-order valence-corrected chi connectivity index (χ2v) is 11.3. The molecule has 37 heavy (non-hydrogen) atoms. The molecule has 202 valence electrons. The molecule has 0 aliphatic heterocycles. The highest BCUT2D eigenvalue weighted by Crippen LogP contribution is 2.22. The summed E-state index contributed by atoms with van der Waals surface area (Å²) in [5, 5.41) is 3.10. The van der Waals surface area contributed by atoms with Gasteiger partial charge in [0.05, 0.1) is 19.1 Å². The number of carbonyl (C=O) groups is 2. The minimum absolute atomic E-state index is 0.0656. The second-order valence-electron chi connectivity index (χ2n) is 9.39. The third-order valence-corrected chi connectivity index (χ3v) is 7.76. The van der Waals surface area contributed by atoms with Crippen molar-refractivity contribution in [2.75, 3.05) is 24.2 Å². The van der Waals surface area contributed by atoms with Crippen molar-refractivity contribution in [3.8, 4) is 5.75 Å². The molecule has 8 nitrogen and oxygen atoms in total. The number of hydrogen-bond donors (Lipinski definition) is 1. The van der Waals surface area contributed by atoms with Crippen molar-refractivity contribution in [2.45, 2.75) is 64.1 Å². The number of carbonyl (C=O) groups excluding carboxylic acids is 2. The average Bonchev–Trinajstić information content (AvgIpc) is 2.87. The van der Waals surface area contributed by atoms with Crippen molar-refractivity contribution in [2.24, 2.45) is 0 Å². The van der Waals surface area contributed by atoms with Gasteiger partial charge < -0.3 is 15.0 Å². The van der Waals surface area contributed by atoms with Gasteiger partial charge in [0.1, 0.15) is 24.2 Å². The van der Waals surface area contributed by atoms with E-state index in [1.807, 2.05) is 13.0 Å². The first kappa shape index (κ1) is 28.4. The maximum atomic E-state index is 13.7. The molecule has 1 atom stereocenters. The van der Waals surface area contributed by atoms with Gasteiger partial charge in [-0.3, -0.25) is 13.9 Å². The van der Waals surface area contributed by atoms with Crippen LogP contribution in [-0.2, 0) is 26.2 Å². The van der Waals surface area contributed by atoms with E-state index < -0.39 is 34.3 Å². The number of sulfonamides is 1. The fourth-order valence-electron chi connectivity index (χ4n) is 4.65. The summed E-state index contributed by atoms with van der Waals surface area (Å²) in [6, 6.07) is 11.3. The van der Waals surface area contributed by atoms with Gasteiger partial charge in [-0.1, -0.05) is 38.3 Å². The molecule has 0 bridgehead atoms. The Balaban J connectivity index is 1.92. The van der Waals surface area contributed by atoms with E-state index in [1.165, 1.54) is 17.0 Å². The minimum atomic E-state index is -3.88. The Kier molecular flexibility index (Phi) is 9.91. The highest BCUT2D eigenvalue weighted by atomic mass is 32.2. The van der Waals surface area contributed by atoms with E-state index in [4.69, 9.17) is 4.74 Å². The van der Waals surface area contributed by atoms with Gasteiger partial charge in [-0.2, -0.15) is 0 Å². The molecule has 1 aliphatic rings. The topological polar surface area (TPSA) is 96.0 Å². The van der Waals surface area contributed by atoms with E-state index in [0.29, 0.717) is 12.2 Å². The molecular formula is C27H36FN3O5S. The maximum absolute atomic E-state index is 13.7.